The second-order valence-electron chi connectivity index (χ2n) is 4.17. The fourth-order valence-corrected chi connectivity index (χ4v) is 1.87. The number of halogens is 2. The molecule has 1 aromatic rings. The van der Waals surface area contributed by atoms with E-state index in [-0.39, 0.29) is 29.4 Å². The molecule has 2 N–H and O–H groups in total. The summed E-state index contributed by atoms with van der Waals surface area (Å²) in [6.07, 6.45) is 0.534. The van der Waals surface area contributed by atoms with Crippen molar-refractivity contribution in [3.8, 4) is 0 Å². The van der Waals surface area contributed by atoms with Crippen molar-refractivity contribution >= 4 is 23.1 Å². The highest BCUT2D eigenvalue weighted by atomic mass is 32.1. The molecule has 0 saturated heterocycles. The van der Waals surface area contributed by atoms with Crippen LogP contribution in [0, 0.1) is 11.6 Å². The number of benzene rings is 1. The topological polar surface area (TPSA) is 46.3 Å². The number of amides is 1. The van der Waals surface area contributed by atoms with Crippen LogP contribution in [0.3, 0.4) is 0 Å². The number of nitrogens with two attached hydrogens (primary N) is 1. The van der Waals surface area contributed by atoms with E-state index >= 15 is 0 Å². The summed E-state index contributed by atoms with van der Waals surface area (Å²) in [7, 11) is 0. The molecule has 0 bridgehead atoms. The Labute approximate surface area is 116 Å². The quantitative estimate of drug-likeness (QED) is 0.814. The molecular weight excluding hydrogens is 270 g/mol. The number of nitrogens with zero attached hydrogens (tertiary/aromatic N) is 1. The van der Waals surface area contributed by atoms with Gasteiger partial charge in [-0.3, -0.25) is 4.79 Å². The Morgan fingerprint density at radius 3 is 2.68 bits per heavy atom. The van der Waals surface area contributed by atoms with Crippen molar-refractivity contribution in [3.05, 3.63) is 35.4 Å². The molecule has 1 aromatic carbocycles. The third kappa shape index (κ3) is 4.55. The van der Waals surface area contributed by atoms with Crippen LogP contribution in [-0.4, -0.2) is 28.9 Å². The fraction of sp³-hybridized carbons (Fsp3) is 0.385. The Morgan fingerprint density at radius 1 is 1.42 bits per heavy atom. The zero-order valence-corrected chi connectivity index (χ0v) is 11.5. The van der Waals surface area contributed by atoms with Crippen molar-refractivity contribution in [2.24, 2.45) is 5.73 Å². The van der Waals surface area contributed by atoms with E-state index in [4.69, 9.17) is 18.0 Å². The van der Waals surface area contributed by atoms with Gasteiger partial charge < -0.3 is 10.6 Å². The Hall–Kier alpha value is -1.56. The third-order valence-corrected chi connectivity index (χ3v) is 2.70. The molecule has 6 heteroatoms. The van der Waals surface area contributed by atoms with Gasteiger partial charge in [0.15, 0.2) is 11.6 Å². The molecule has 0 heterocycles. The number of thiocarbonyl (C=S) groups is 1. The van der Waals surface area contributed by atoms with Gasteiger partial charge in [0.2, 0.25) is 5.91 Å². The molecule has 0 unspecified atom stereocenters. The minimum atomic E-state index is -0.984. The zero-order valence-electron chi connectivity index (χ0n) is 10.7. The molecule has 0 spiro atoms. The Bertz CT molecular complexity index is 480. The molecular formula is C13H16F2N2OS. The van der Waals surface area contributed by atoms with Crippen molar-refractivity contribution in [1.29, 1.82) is 0 Å². The van der Waals surface area contributed by atoms with Gasteiger partial charge in [0, 0.05) is 12.1 Å². The number of carbonyl (C=O) groups is 1. The second kappa shape index (κ2) is 7.13. The lowest BCUT2D eigenvalue weighted by atomic mass is 10.1. The molecule has 0 aromatic heterocycles. The molecule has 0 aliphatic carbocycles. The van der Waals surface area contributed by atoms with Crippen LogP contribution in [0.4, 0.5) is 8.78 Å². The van der Waals surface area contributed by atoms with Crippen LogP contribution in [0.5, 0.6) is 0 Å². The number of rotatable bonds is 6. The Balaban J connectivity index is 2.81. The summed E-state index contributed by atoms with van der Waals surface area (Å²) in [4.78, 5) is 13.7. The number of hydrogen-bond donors (Lipinski definition) is 1. The minimum absolute atomic E-state index is 0.0362. The molecule has 0 fully saturated rings. The van der Waals surface area contributed by atoms with Crippen molar-refractivity contribution in [1.82, 2.24) is 4.90 Å². The molecule has 0 atom stereocenters. The second-order valence-corrected chi connectivity index (χ2v) is 4.70. The van der Waals surface area contributed by atoms with Gasteiger partial charge in [0.25, 0.3) is 0 Å². The van der Waals surface area contributed by atoms with Crippen LogP contribution < -0.4 is 5.73 Å². The smallest absolute Gasteiger partial charge is 0.227 e. The summed E-state index contributed by atoms with van der Waals surface area (Å²) < 4.78 is 26.5. The first-order valence-corrected chi connectivity index (χ1v) is 6.35. The zero-order chi connectivity index (χ0) is 14.4. The van der Waals surface area contributed by atoms with Gasteiger partial charge in [0.1, 0.15) is 0 Å². The third-order valence-electron chi connectivity index (χ3n) is 2.57. The number of hydrogen-bond acceptors (Lipinski definition) is 2. The molecule has 0 aliphatic heterocycles. The summed E-state index contributed by atoms with van der Waals surface area (Å²) in [6, 6.07) is 3.78. The highest BCUT2D eigenvalue weighted by Crippen LogP contribution is 2.13. The lowest BCUT2D eigenvalue weighted by Crippen LogP contribution is -2.39. The van der Waals surface area contributed by atoms with E-state index in [9.17, 15) is 13.6 Å². The summed E-state index contributed by atoms with van der Waals surface area (Å²) in [6.45, 7) is 2.54. The Kier molecular flexibility index (Phi) is 5.82. The van der Waals surface area contributed by atoms with Gasteiger partial charge in [-0.25, -0.2) is 8.78 Å². The lowest BCUT2D eigenvalue weighted by molar-refractivity contribution is -0.129. The van der Waals surface area contributed by atoms with Gasteiger partial charge >= 0.3 is 0 Å². The number of carbonyl (C=O) groups excluding carboxylic acids is 1. The van der Waals surface area contributed by atoms with Crippen molar-refractivity contribution in [2.45, 2.75) is 19.8 Å². The van der Waals surface area contributed by atoms with Crippen molar-refractivity contribution in [2.75, 3.05) is 13.1 Å². The molecule has 0 radical (unpaired) electrons. The average Bonchev–Trinajstić information content (AvgIpc) is 2.34. The van der Waals surface area contributed by atoms with E-state index < -0.39 is 11.6 Å². The normalized spacial score (nSPS) is 10.3. The molecule has 19 heavy (non-hydrogen) atoms. The predicted octanol–water partition coefficient (Wildman–Crippen LogP) is 2.03. The van der Waals surface area contributed by atoms with Gasteiger partial charge in [0.05, 0.1) is 18.0 Å². The molecule has 1 amide bonds. The highest BCUT2D eigenvalue weighted by Gasteiger charge is 2.17. The van der Waals surface area contributed by atoms with Crippen LogP contribution in [0.15, 0.2) is 18.2 Å². The van der Waals surface area contributed by atoms with Crippen LogP contribution in [0.2, 0.25) is 0 Å². The highest BCUT2D eigenvalue weighted by molar-refractivity contribution is 7.80. The average molecular weight is 286 g/mol. The first-order chi connectivity index (χ1) is 8.95. The molecule has 0 aliphatic rings. The molecule has 3 nitrogen and oxygen atoms in total. The van der Waals surface area contributed by atoms with E-state index in [2.05, 4.69) is 0 Å². The van der Waals surface area contributed by atoms with Crippen LogP contribution >= 0.6 is 12.2 Å². The maximum Gasteiger partial charge on any atom is 0.227 e. The minimum Gasteiger partial charge on any atom is -0.392 e. The monoisotopic (exact) mass is 286 g/mol. The van der Waals surface area contributed by atoms with Gasteiger partial charge in [-0.15, -0.1) is 0 Å². The van der Waals surface area contributed by atoms with Crippen LogP contribution in [0.25, 0.3) is 0 Å². The molecule has 1 rings (SSSR count). The van der Waals surface area contributed by atoms with Gasteiger partial charge in [-0.2, -0.15) is 0 Å². The maximum absolute atomic E-state index is 13.5. The Morgan fingerprint density at radius 2 is 2.11 bits per heavy atom. The SMILES string of the molecule is CCCN(CC(N)=S)C(=O)Cc1cccc(F)c1F. The van der Waals surface area contributed by atoms with Crippen molar-refractivity contribution < 1.29 is 13.6 Å². The van der Waals surface area contributed by atoms with E-state index in [0.717, 1.165) is 12.5 Å². The summed E-state index contributed by atoms with van der Waals surface area (Å²) in [5.74, 6) is -2.26. The largest absolute Gasteiger partial charge is 0.392 e. The van der Waals surface area contributed by atoms with E-state index in [1.165, 1.54) is 17.0 Å². The van der Waals surface area contributed by atoms with Crippen molar-refractivity contribution in [3.63, 3.8) is 0 Å². The molecule has 104 valence electrons. The van der Waals surface area contributed by atoms with E-state index in [1.807, 2.05) is 6.92 Å². The summed E-state index contributed by atoms with van der Waals surface area (Å²) in [5.41, 5.74) is 5.45. The van der Waals surface area contributed by atoms with Crippen LogP contribution in [0.1, 0.15) is 18.9 Å². The summed E-state index contributed by atoms with van der Waals surface area (Å²) in [5, 5.41) is 0. The predicted molar refractivity (Wildman–Crippen MR) is 73.7 cm³/mol. The maximum atomic E-state index is 13.5. The first kappa shape index (κ1) is 15.5. The lowest BCUT2D eigenvalue weighted by Gasteiger charge is -2.21. The van der Waals surface area contributed by atoms with Crippen LogP contribution in [-0.2, 0) is 11.2 Å². The summed E-state index contributed by atoms with van der Waals surface area (Å²) >= 11 is 4.77. The van der Waals surface area contributed by atoms with E-state index in [0.29, 0.717) is 6.54 Å². The van der Waals surface area contributed by atoms with E-state index in [1.54, 1.807) is 0 Å². The first-order valence-electron chi connectivity index (χ1n) is 5.94. The van der Waals surface area contributed by atoms with Gasteiger partial charge in [-0.1, -0.05) is 31.3 Å². The molecule has 0 saturated carbocycles. The fourth-order valence-electron chi connectivity index (χ4n) is 1.71. The van der Waals surface area contributed by atoms with Gasteiger partial charge in [-0.05, 0) is 12.5 Å². The standard InChI is InChI=1S/C13H16F2N2OS/c1-2-6-17(8-11(16)19)12(18)7-9-4-3-5-10(14)13(9)15/h3-5H,2,6-8H2,1H3,(H2,16,19).